The molecule has 0 bridgehead atoms. The molecular formula is C59H102O6. The number of hydrogen-bond donors (Lipinski definition) is 0. The van der Waals surface area contributed by atoms with Gasteiger partial charge < -0.3 is 14.2 Å². The van der Waals surface area contributed by atoms with Gasteiger partial charge in [-0.15, -0.1) is 0 Å². The fourth-order valence-corrected chi connectivity index (χ4v) is 7.47. The van der Waals surface area contributed by atoms with E-state index in [1.165, 1.54) is 122 Å². The maximum absolute atomic E-state index is 12.8. The van der Waals surface area contributed by atoms with Crippen LogP contribution in [0.3, 0.4) is 0 Å². The van der Waals surface area contributed by atoms with Crippen molar-refractivity contribution in [3.05, 3.63) is 72.9 Å². The minimum atomic E-state index is -0.796. The summed E-state index contributed by atoms with van der Waals surface area (Å²) in [6.07, 6.45) is 67.4. The third-order valence-electron chi connectivity index (χ3n) is 11.7. The second-order valence-corrected chi connectivity index (χ2v) is 18.1. The molecule has 6 nitrogen and oxygen atoms in total. The monoisotopic (exact) mass is 907 g/mol. The maximum Gasteiger partial charge on any atom is 0.306 e. The van der Waals surface area contributed by atoms with Gasteiger partial charge in [-0.3, -0.25) is 14.4 Å². The van der Waals surface area contributed by atoms with Gasteiger partial charge in [0.05, 0.1) is 0 Å². The van der Waals surface area contributed by atoms with Crippen molar-refractivity contribution in [2.75, 3.05) is 13.2 Å². The number of carbonyl (C=O) groups is 3. The number of esters is 3. The molecule has 0 aliphatic heterocycles. The predicted octanol–water partition coefficient (Wildman–Crippen LogP) is 18.2. The van der Waals surface area contributed by atoms with Gasteiger partial charge in [0, 0.05) is 19.3 Å². The number of allylic oxidation sites excluding steroid dienone is 12. The molecule has 0 radical (unpaired) electrons. The molecule has 0 aliphatic carbocycles. The van der Waals surface area contributed by atoms with Crippen molar-refractivity contribution in [1.82, 2.24) is 0 Å². The molecule has 0 aromatic carbocycles. The summed E-state index contributed by atoms with van der Waals surface area (Å²) in [4.78, 5) is 38.0. The first kappa shape index (κ1) is 61.9. The SMILES string of the molecule is CCCCC/C=C\C/C=C\C/C=C\C/C=C\CCCCCC(=O)OC[C@H](COC(=O)CCCCCCC/C=C\CCCCCCCC)OC(=O)CCCCCCC/C=C\CCCCCC. The van der Waals surface area contributed by atoms with E-state index < -0.39 is 6.10 Å². The van der Waals surface area contributed by atoms with Crippen molar-refractivity contribution in [3.63, 3.8) is 0 Å². The lowest BCUT2D eigenvalue weighted by molar-refractivity contribution is -0.167. The number of hydrogen-bond acceptors (Lipinski definition) is 6. The van der Waals surface area contributed by atoms with Crippen molar-refractivity contribution >= 4 is 17.9 Å². The van der Waals surface area contributed by atoms with Gasteiger partial charge in [-0.05, 0) is 116 Å². The molecule has 1 atom stereocenters. The Hall–Kier alpha value is -3.15. The van der Waals surface area contributed by atoms with Crippen LogP contribution < -0.4 is 0 Å². The molecule has 374 valence electrons. The highest BCUT2D eigenvalue weighted by Crippen LogP contribution is 2.14. The van der Waals surface area contributed by atoms with E-state index in [2.05, 4.69) is 93.7 Å². The highest BCUT2D eigenvalue weighted by Gasteiger charge is 2.19. The summed E-state index contributed by atoms with van der Waals surface area (Å²) in [6, 6.07) is 0. The van der Waals surface area contributed by atoms with Crippen LogP contribution in [0.2, 0.25) is 0 Å². The van der Waals surface area contributed by atoms with E-state index >= 15 is 0 Å². The Bertz CT molecular complexity index is 1230. The van der Waals surface area contributed by atoms with Gasteiger partial charge in [0.1, 0.15) is 13.2 Å². The van der Waals surface area contributed by atoms with Crippen molar-refractivity contribution in [1.29, 1.82) is 0 Å². The van der Waals surface area contributed by atoms with E-state index in [0.717, 1.165) is 103 Å². The smallest absolute Gasteiger partial charge is 0.306 e. The predicted molar refractivity (Wildman–Crippen MR) is 279 cm³/mol. The van der Waals surface area contributed by atoms with Crippen molar-refractivity contribution in [2.45, 2.75) is 271 Å². The molecule has 0 saturated heterocycles. The van der Waals surface area contributed by atoms with E-state index in [9.17, 15) is 14.4 Å². The molecule has 0 amide bonds. The summed E-state index contributed by atoms with van der Waals surface area (Å²) in [5.41, 5.74) is 0. The summed E-state index contributed by atoms with van der Waals surface area (Å²) in [7, 11) is 0. The zero-order valence-electron chi connectivity index (χ0n) is 42.7. The second-order valence-electron chi connectivity index (χ2n) is 18.1. The average molecular weight is 907 g/mol. The van der Waals surface area contributed by atoms with Gasteiger partial charge in [0.2, 0.25) is 0 Å². The Labute approximate surface area is 402 Å². The largest absolute Gasteiger partial charge is 0.462 e. The van der Waals surface area contributed by atoms with Crippen LogP contribution >= 0.6 is 0 Å². The Morgan fingerprint density at radius 3 is 0.938 bits per heavy atom. The molecule has 0 aromatic rings. The lowest BCUT2D eigenvalue weighted by atomic mass is 10.1. The third-order valence-corrected chi connectivity index (χ3v) is 11.7. The minimum absolute atomic E-state index is 0.0931. The Morgan fingerprint density at radius 1 is 0.308 bits per heavy atom. The van der Waals surface area contributed by atoms with E-state index in [0.29, 0.717) is 19.3 Å². The first-order valence-electron chi connectivity index (χ1n) is 27.4. The van der Waals surface area contributed by atoms with Gasteiger partial charge in [-0.25, -0.2) is 0 Å². The first-order valence-corrected chi connectivity index (χ1v) is 27.4. The van der Waals surface area contributed by atoms with Crippen LogP contribution in [0.4, 0.5) is 0 Å². The van der Waals surface area contributed by atoms with Gasteiger partial charge in [-0.1, -0.05) is 203 Å². The molecule has 0 aliphatic rings. The van der Waals surface area contributed by atoms with E-state index in [4.69, 9.17) is 14.2 Å². The quantitative estimate of drug-likeness (QED) is 0.0262. The van der Waals surface area contributed by atoms with Gasteiger partial charge in [-0.2, -0.15) is 0 Å². The molecule has 0 saturated carbocycles. The van der Waals surface area contributed by atoms with Gasteiger partial charge >= 0.3 is 17.9 Å². The van der Waals surface area contributed by atoms with Crippen LogP contribution in [-0.2, 0) is 28.6 Å². The van der Waals surface area contributed by atoms with E-state index in [-0.39, 0.29) is 31.1 Å². The highest BCUT2D eigenvalue weighted by atomic mass is 16.6. The summed E-state index contributed by atoms with van der Waals surface area (Å²) < 4.78 is 16.8. The molecule has 0 spiro atoms. The summed E-state index contributed by atoms with van der Waals surface area (Å²) >= 11 is 0. The van der Waals surface area contributed by atoms with Crippen LogP contribution in [0.1, 0.15) is 265 Å². The van der Waals surface area contributed by atoms with Gasteiger partial charge in [0.15, 0.2) is 6.10 Å². The molecular weight excluding hydrogens is 805 g/mol. The van der Waals surface area contributed by atoms with Crippen molar-refractivity contribution in [2.24, 2.45) is 0 Å². The molecule has 0 heterocycles. The highest BCUT2D eigenvalue weighted by molar-refractivity contribution is 5.71. The lowest BCUT2D eigenvalue weighted by Crippen LogP contribution is -2.30. The third kappa shape index (κ3) is 51.7. The lowest BCUT2D eigenvalue weighted by Gasteiger charge is -2.18. The summed E-state index contributed by atoms with van der Waals surface area (Å²) in [5.74, 6) is -0.938. The first-order chi connectivity index (χ1) is 32.0. The average Bonchev–Trinajstić information content (AvgIpc) is 3.30. The fourth-order valence-electron chi connectivity index (χ4n) is 7.47. The Morgan fingerprint density at radius 2 is 0.554 bits per heavy atom. The zero-order chi connectivity index (χ0) is 47.2. The van der Waals surface area contributed by atoms with E-state index in [1.807, 2.05) is 0 Å². The minimum Gasteiger partial charge on any atom is -0.462 e. The number of ether oxygens (including phenoxy) is 3. The topological polar surface area (TPSA) is 78.9 Å². The molecule has 0 N–H and O–H groups in total. The van der Waals surface area contributed by atoms with Crippen LogP contribution in [0.25, 0.3) is 0 Å². The molecule has 0 unspecified atom stereocenters. The molecule has 0 aromatic heterocycles. The number of rotatable bonds is 49. The zero-order valence-corrected chi connectivity index (χ0v) is 42.7. The number of carbonyl (C=O) groups excluding carboxylic acids is 3. The summed E-state index contributed by atoms with van der Waals surface area (Å²) in [5, 5.41) is 0. The van der Waals surface area contributed by atoms with Crippen molar-refractivity contribution in [3.8, 4) is 0 Å². The fraction of sp³-hybridized carbons (Fsp3) is 0.746. The van der Waals surface area contributed by atoms with Crippen LogP contribution in [0, 0.1) is 0 Å². The van der Waals surface area contributed by atoms with Gasteiger partial charge in [0.25, 0.3) is 0 Å². The second kappa shape index (κ2) is 53.5. The van der Waals surface area contributed by atoms with Crippen LogP contribution in [0.15, 0.2) is 72.9 Å². The molecule has 0 rings (SSSR count). The maximum atomic E-state index is 12.8. The molecule has 65 heavy (non-hydrogen) atoms. The Balaban J connectivity index is 4.44. The van der Waals surface area contributed by atoms with Crippen LogP contribution in [0.5, 0.6) is 0 Å². The van der Waals surface area contributed by atoms with E-state index in [1.54, 1.807) is 0 Å². The molecule has 0 fully saturated rings. The van der Waals surface area contributed by atoms with Crippen molar-refractivity contribution < 1.29 is 28.6 Å². The van der Waals surface area contributed by atoms with Crippen LogP contribution in [-0.4, -0.2) is 37.2 Å². The standard InChI is InChI=1S/C59H102O6/c1-4-7-10-13-16-19-22-25-27-28-29-30-32-35-37-40-43-46-49-52-58(61)64-55-56(65-59(62)53-50-47-44-41-38-33-24-21-18-15-12-9-6-3)54-63-57(60)51-48-45-42-39-36-34-31-26-23-20-17-14-11-8-5-2/h16,19,21,24-27,29-31,35,37,56H,4-15,17-18,20,22-23,28,32-34,36,38-55H2,1-3H3/b19-16-,24-21-,27-25-,30-29-,31-26-,37-35-/t56-/m0/s1. The normalized spacial score (nSPS) is 12.6. The number of unbranched alkanes of at least 4 members (excludes halogenated alkanes) is 26. The molecule has 6 heteroatoms. The Kier molecular flexibility index (Phi) is 50.9. The summed E-state index contributed by atoms with van der Waals surface area (Å²) in [6.45, 7) is 6.55.